The molecule has 580 valence electrons. The van der Waals surface area contributed by atoms with Crippen molar-refractivity contribution in [2.75, 3.05) is 27.6 Å². The lowest BCUT2D eigenvalue weighted by Crippen LogP contribution is -1.96. The second kappa shape index (κ2) is 32.7. The van der Waals surface area contributed by atoms with Gasteiger partial charge in [-0.25, -0.2) is 24.9 Å². The van der Waals surface area contributed by atoms with Gasteiger partial charge in [-0.1, -0.05) is 188 Å². The van der Waals surface area contributed by atoms with E-state index in [4.69, 9.17) is 34.1 Å². The van der Waals surface area contributed by atoms with Gasteiger partial charge in [-0.3, -0.25) is 0 Å². The van der Waals surface area contributed by atoms with Gasteiger partial charge in [0.1, 0.15) is 28.0 Å². The topological polar surface area (TPSA) is 212 Å². The fourth-order valence-electron chi connectivity index (χ4n) is 15.1. The predicted molar refractivity (Wildman–Crippen MR) is 496 cm³/mol. The number of thioether (sulfide) groups is 1. The number of aromatic nitrogens is 8. The van der Waals surface area contributed by atoms with E-state index in [1.165, 1.54) is 102 Å². The average molecular weight is 1650 g/mol. The molecule has 0 aliphatic rings. The summed E-state index contributed by atoms with van der Waals surface area (Å²) < 4.78 is 26.2. The Hall–Kier alpha value is -14.3. The number of aromatic hydroxyl groups is 4. The molecule has 0 bridgehead atoms. The van der Waals surface area contributed by atoms with Crippen molar-refractivity contribution in [2.24, 2.45) is 0 Å². The summed E-state index contributed by atoms with van der Waals surface area (Å²) in [5.74, 6) is 3.80. The van der Waals surface area contributed by atoms with Crippen molar-refractivity contribution in [1.82, 2.24) is 39.9 Å². The van der Waals surface area contributed by atoms with Gasteiger partial charge in [0, 0.05) is 121 Å². The third kappa shape index (κ3) is 14.7. The Morgan fingerprint density at radius 1 is 0.250 bits per heavy atom. The minimum Gasteiger partial charge on any atom is -0.507 e. The first-order chi connectivity index (χ1) is 58.9. The summed E-state index contributed by atoms with van der Waals surface area (Å²) >= 11 is 8.70. The van der Waals surface area contributed by atoms with E-state index in [9.17, 15) is 20.4 Å². The highest BCUT2D eigenvalue weighted by molar-refractivity contribution is 7.98. The van der Waals surface area contributed by atoms with E-state index in [1.807, 2.05) is 66.9 Å². The lowest BCUT2D eigenvalue weighted by Gasteiger charge is -2.10. The van der Waals surface area contributed by atoms with Crippen LogP contribution in [0.25, 0.3) is 193 Å². The van der Waals surface area contributed by atoms with Gasteiger partial charge in [0.15, 0.2) is 23.3 Å². The van der Waals surface area contributed by atoms with Crippen molar-refractivity contribution in [3.8, 4) is 131 Å². The maximum Gasteiger partial charge on any atom is 0.217 e. The van der Waals surface area contributed by atoms with Crippen LogP contribution in [0.15, 0.2) is 320 Å². The van der Waals surface area contributed by atoms with Crippen molar-refractivity contribution in [2.45, 2.75) is 5.03 Å². The first kappa shape index (κ1) is 75.8. The van der Waals surface area contributed by atoms with Crippen molar-refractivity contribution >= 4 is 159 Å². The Labute approximate surface area is 707 Å². The molecule has 0 unspecified atom stereocenters. The minimum atomic E-state index is 0.137. The molecule has 22 aromatic rings. The Kier molecular flexibility index (Phi) is 20.6. The molecule has 20 heteroatoms. The molecule has 0 atom stereocenters. The first-order valence-corrected chi connectivity index (χ1v) is 42.8. The molecule has 120 heavy (non-hydrogen) atoms. The third-order valence-electron chi connectivity index (χ3n) is 20.9. The van der Waals surface area contributed by atoms with Crippen LogP contribution in [0.5, 0.6) is 40.6 Å². The van der Waals surface area contributed by atoms with Gasteiger partial charge in [0.25, 0.3) is 0 Å². The number of methoxy groups -OCH3 is 3. The average Bonchev–Trinajstić information content (AvgIpc) is 1.68. The van der Waals surface area contributed by atoms with Gasteiger partial charge >= 0.3 is 0 Å². The first-order valence-electron chi connectivity index (χ1n) is 38.3. The summed E-state index contributed by atoms with van der Waals surface area (Å²) in [6.07, 6.45) is 2.00. The van der Waals surface area contributed by atoms with E-state index in [-0.39, 0.29) is 23.0 Å². The van der Waals surface area contributed by atoms with E-state index in [1.54, 1.807) is 145 Å². The minimum absolute atomic E-state index is 0.137. The number of nitrogens with zero attached hydrogens (tertiary/aromatic N) is 8. The zero-order chi connectivity index (χ0) is 81.5. The monoisotopic (exact) mass is 1650 g/mol. The molecule has 14 aromatic carbocycles. The Bertz CT molecular complexity index is 7730. The largest absolute Gasteiger partial charge is 0.507 e. The van der Waals surface area contributed by atoms with E-state index in [0.29, 0.717) is 63.2 Å². The normalized spacial score (nSPS) is 11.3. The summed E-state index contributed by atoms with van der Waals surface area (Å²) in [6, 6.07) is 104. The van der Waals surface area contributed by atoms with Crippen molar-refractivity contribution in [3.63, 3.8) is 0 Å². The van der Waals surface area contributed by atoms with Crippen LogP contribution in [0, 0.1) is 0 Å². The van der Waals surface area contributed by atoms with Crippen LogP contribution >= 0.6 is 57.1 Å². The number of hydrogen-bond acceptors (Lipinski definition) is 20. The molecule has 0 aliphatic heterocycles. The third-order valence-corrected chi connectivity index (χ3v) is 26.1. The second-order valence-electron chi connectivity index (χ2n) is 28.1. The van der Waals surface area contributed by atoms with Crippen molar-refractivity contribution < 1.29 is 34.6 Å². The number of benzene rings is 14. The molecule has 15 nitrogen and oxygen atoms in total. The molecule has 0 radical (unpaired) electrons. The van der Waals surface area contributed by atoms with Crippen LogP contribution in [0.1, 0.15) is 0 Å². The number of thiophene rings is 4. The standard InChI is InChI=1S/2C27H18N2O2S.C23H16N2O2S.C23H16N2OS2/c1-31-25-15-21(28-27(29-25)19-8-4-5-9-22(19)30)17-10-12-20-24(14-17)32-23-13-11-16-6-2-3-7-18(16)26(20)23;1-31-26-15-22(28-27(29-26)19-8-4-5-9-23(19)30)18-10-11-24-20(13-18)21-12-16-6-2-3-7-17(16)14-25(21)32-24;1-27-21-13-18(24-23(25-21)17-8-2-4-11-19(17)26)16-10-6-9-15-14-7-3-5-12-20(14)28-22(15)16;1-27-21-13-17(24-23(25-21)15-7-2-4-10-18(15)26)14-9-6-12-20-22(14)16-8-3-5-11-19(16)28-20/h2*2-15,30H,1H3;2*2-13,26H,1H3. The van der Waals surface area contributed by atoms with E-state index in [2.05, 4.69) is 208 Å². The number of ether oxygens (including phenoxy) is 3. The van der Waals surface area contributed by atoms with Gasteiger partial charge < -0.3 is 34.6 Å². The zero-order valence-electron chi connectivity index (χ0n) is 64.7. The summed E-state index contributed by atoms with van der Waals surface area (Å²) in [7, 11) is 4.75. The lowest BCUT2D eigenvalue weighted by atomic mass is 10.0. The molecule has 0 saturated heterocycles. The summed E-state index contributed by atoms with van der Waals surface area (Å²) in [5.41, 5.74) is 9.55. The smallest absolute Gasteiger partial charge is 0.217 e. The fraction of sp³-hybridized carbons (Fsp3) is 0.0400. The molecule has 8 aromatic heterocycles. The highest BCUT2D eigenvalue weighted by Gasteiger charge is 2.22. The predicted octanol–water partition coefficient (Wildman–Crippen LogP) is 26.6. The van der Waals surface area contributed by atoms with E-state index < -0.39 is 0 Å². The highest BCUT2D eigenvalue weighted by Crippen LogP contribution is 2.46. The molecule has 8 heterocycles. The van der Waals surface area contributed by atoms with Crippen LogP contribution in [-0.4, -0.2) is 87.9 Å². The van der Waals surface area contributed by atoms with Crippen LogP contribution < -0.4 is 14.2 Å². The van der Waals surface area contributed by atoms with Gasteiger partial charge in [-0.15, -0.1) is 57.1 Å². The molecule has 0 spiro atoms. The maximum atomic E-state index is 10.3. The second-order valence-corrected chi connectivity index (χ2v) is 33.2. The van der Waals surface area contributed by atoms with Crippen molar-refractivity contribution in [3.05, 3.63) is 315 Å². The number of rotatable bonds is 12. The maximum absolute atomic E-state index is 10.3. The van der Waals surface area contributed by atoms with Crippen LogP contribution in [0.4, 0.5) is 0 Å². The van der Waals surface area contributed by atoms with E-state index in [0.717, 1.165) is 50.1 Å². The van der Waals surface area contributed by atoms with Gasteiger partial charge in [0.05, 0.1) is 66.4 Å². The SMILES string of the molecule is COc1cc(-c2ccc3c(c2)sc2ccc4ccccc4c23)nc(-c2ccccc2O)n1.COc1cc(-c2ccc3sc4cc5ccccc5cc4c3c2)nc(-c2ccccc2O)n1.COc1cc(-c2cccc3c2sc2ccccc23)nc(-c2ccccc2O)n1.CSc1cc(-c2cccc3sc4ccccc4c23)nc(-c2ccccc2O)n1. The number of phenolic OH excluding ortho intramolecular Hbond substituents is 4. The molecule has 4 N–H and O–H groups in total. The summed E-state index contributed by atoms with van der Waals surface area (Å²) in [6.45, 7) is 0. The number of phenols is 4. The van der Waals surface area contributed by atoms with Crippen molar-refractivity contribution in [1.29, 1.82) is 0 Å². The van der Waals surface area contributed by atoms with Crippen LogP contribution in [-0.2, 0) is 0 Å². The highest BCUT2D eigenvalue weighted by atomic mass is 32.2. The lowest BCUT2D eigenvalue weighted by molar-refractivity contribution is 0.397. The number of para-hydroxylation sites is 4. The van der Waals surface area contributed by atoms with E-state index >= 15 is 0 Å². The molecular formula is C100H68N8O7S5. The van der Waals surface area contributed by atoms with Gasteiger partial charge in [-0.05, 0) is 137 Å². The number of fused-ring (bicyclic) bond motifs is 15. The number of hydrogen-bond donors (Lipinski definition) is 4. The molecular weight excluding hydrogens is 1590 g/mol. The summed E-state index contributed by atoms with van der Waals surface area (Å²) in [4.78, 5) is 37.1. The molecule has 22 rings (SSSR count). The zero-order valence-corrected chi connectivity index (χ0v) is 68.7. The van der Waals surface area contributed by atoms with Gasteiger partial charge in [0.2, 0.25) is 17.6 Å². The van der Waals surface area contributed by atoms with Gasteiger partial charge in [-0.2, -0.15) is 15.0 Å². The Balaban J connectivity index is 0.000000106. The fourth-order valence-corrected chi connectivity index (χ4v) is 20.1. The summed E-state index contributed by atoms with van der Waals surface area (Å²) in [5, 5.41) is 56.9. The quantitative estimate of drug-likeness (QED) is 0.0662. The Morgan fingerprint density at radius 2 is 0.642 bits per heavy atom. The molecule has 0 amide bonds. The Morgan fingerprint density at radius 3 is 1.24 bits per heavy atom. The molecule has 0 aliphatic carbocycles. The van der Waals surface area contributed by atoms with Crippen LogP contribution in [0.3, 0.4) is 0 Å². The van der Waals surface area contributed by atoms with Crippen LogP contribution in [0.2, 0.25) is 0 Å². The molecule has 0 fully saturated rings. The molecule has 0 saturated carbocycles.